The summed E-state index contributed by atoms with van der Waals surface area (Å²) in [5.41, 5.74) is 0.899. The Labute approximate surface area is 142 Å². The maximum absolute atomic E-state index is 12.5. The molecule has 2 aromatic rings. The van der Waals surface area contributed by atoms with Crippen LogP contribution in [0.3, 0.4) is 0 Å². The van der Waals surface area contributed by atoms with Crippen LogP contribution in [0.15, 0.2) is 42.5 Å². The molecule has 1 fully saturated rings. The van der Waals surface area contributed by atoms with Crippen LogP contribution in [0.25, 0.3) is 10.8 Å². The molecule has 1 aliphatic heterocycles. The first-order valence-electron chi connectivity index (χ1n) is 8.62. The Hall–Kier alpha value is -2.36. The molecular weight excluding hydrogens is 300 g/mol. The van der Waals surface area contributed by atoms with Crippen LogP contribution in [-0.2, 0) is 9.59 Å². The van der Waals surface area contributed by atoms with E-state index in [9.17, 15) is 9.59 Å². The van der Waals surface area contributed by atoms with E-state index in [2.05, 4.69) is 19.2 Å². The molecule has 126 valence electrons. The van der Waals surface area contributed by atoms with E-state index in [0.29, 0.717) is 19.0 Å². The third-order valence-corrected chi connectivity index (χ3v) is 4.57. The smallest absolute Gasteiger partial charge is 0.227 e. The fourth-order valence-electron chi connectivity index (χ4n) is 3.19. The summed E-state index contributed by atoms with van der Waals surface area (Å²) in [6.45, 7) is 5.40. The van der Waals surface area contributed by atoms with Gasteiger partial charge < -0.3 is 10.2 Å². The summed E-state index contributed by atoms with van der Waals surface area (Å²) in [4.78, 5) is 26.5. The number of benzene rings is 2. The largest absolute Gasteiger partial charge is 0.356 e. The summed E-state index contributed by atoms with van der Waals surface area (Å²) in [7, 11) is 0. The highest BCUT2D eigenvalue weighted by Crippen LogP contribution is 2.31. The molecule has 2 amide bonds. The summed E-state index contributed by atoms with van der Waals surface area (Å²) in [6.07, 6.45) is 1.25. The Bertz CT molecular complexity index is 749. The number of hydrogen-bond acceptors (Lipinski definition) is 2. The lowest BCUT2D eigenvalue weighted by molar-refractivity contribution is -0.126. The minimum absolute atomic E-state index is 0.00765. The monoisotopic (exact) mass is 324 g/mol. The summed E-state index contributed by atoms with van der Waals surface area (Å²) >= 11 is 0. The Morgan fingerprint density at radius 3 is 2.75 bits per heavy atom. The van der Waals surface area contributed by atoms with Gasteiger partial charge in [0.15, 0.2) is 0 Å². The number of carbonyl (C=O) groups excluding carboxylic acids is 2. The van der Waals surface area contributed by atoms with E-state index in [0.717, 1.165) is 22.9 Å². The first kappa shape index (κ1) is 16.5. The quantitative estimate of drug-likeness (QED) is 0.917. The first-order chi connectivity index (χ1) is 11.6. The summed E-state index contributed by atoms with van der Waals surface area (Å²) in [5, 5.41) is 5.12. The number of anilines is 1. The molecule has 0 spiro atoms. The highest BCUT2D eigenvalue weighted by molar-refractivity contribution is 6.06. The van der Waals surface area contributed by atoms with Gasteiger partial charge in [0.25, 0.3) is 0 Å². The van der Waals surface area contributed by atoms with Crippen LogP contribution in [0.2, 0.25) is 0 Å². The normalized spacial score (nSPS) is 17.7. The summed E-state index contributed by atoms with van der Waals surface area (Å²) in [6, 6.07) is 14.0. The molecule has 1 atom stereocenters. The second kappa shape index (κ2) is 7.04. The first-order valence-corrected chi connectivity index (χ1v) is 8.62. The molecule has 3 rings (SSSR count). The Kier molecular flexibility index (Phi) is 4.84. The molecule has 2 aromatic carbocycles. The van der Waals surface area contributed by atoms with Gasteiger partial charge >= 0.3 is 0 Å². The molecule has 4 heteroatoms. The molecule has 0 radical (unpaired) electrons. The van der Waals surface area contributed by atoms with Crippen molar-refractivity contribution in [2.75, 3.05) is 18.0 Å². The van der Waals surface area contributed by atoms with Gasteiger partial charge in [-0.05, 0) is 23.8 Å². The number of carbonyl (C=O) groups is 2. The Morgan fingerprint density at radius 2 is 1.96 bits per heavy atom. The van der Waals surface area contributed by atoms with E-state index in [1.165, 1.54) is 0 Å². The number of nitrogens with zero attached hydrogens (tertiary/aromatic N) is 1. The maximum atomic E-state index is 12.5. The van der Waals surface area contributed by atoms with Crippen LogP contribution in [-0.4, -0.2) is 24.9 Å². The molecule has 1 saturated heterocycles. The van der Waals surface area contributed by atoms with Crippen LogP contribution in [0.5, 0.6) is 0 Å². The van der Waals surface area contributed by atoms with Crippen molar-refractivity contribution in [1.29, 1.82) is 0 Å². The number of nitrogens with one attached hydrogen (secondary N) is 1. The predicted octanol–water partition coefficient (Wildman–Crippen LogP) is 3.36. The van der Waals surface area contributed by atoms with Gasteiger partial charge in [-0.2, -0.15) is 0 Å². The van der Waals surface area contributed by atoms with Crippen LogP contribution in [0, 0.1) is 11.8 Å². The molecule has 1 heterocycles. The molecule has 1 aliphatic rings. The van der Waals surface area contributed by atoms with Gasteiger partial charge in [-0.3, -0.25) is 9.59 Å². The van der Waals surface area contributed by atoms with E-state index < -0.39 is 0 Å². The molecule has 0 aromatic heterocycles. The molecule has 0 saturated carbocycles. The van der Waals surface area contributed by atoms with Crippen LogP contribution in [0.4, 0.5) is 5.69 Å². The summed E-state index contributed by atoms with van der Waals surface area (Å²) < 4.78 is 0. The van der Waals surface area contributed by atoms with Crippen molar-refractivity contribution in [2.24, 2.45) is 11.8 Å². The number of hydrogen-bond donors (Lipinski definition) is 1. The van der Waals surface area contributed by atoms with Crippen molar-refractivity contribution in [3.05, 3.63) is 42.5 Å². The van der Waals surface area contributed by atoms with Gasteiger partial charge in [0.2, 0.25) is 11.8 Å². The fraction of sp³-hybridized carbons (Fsp3) is 0.400. The highest BCUT2D eigenvalue weighted by atomic mass is 16.2. The van der Waals surface area contributed by atoms with Crippen LogP contribution >= 0.6 is 0 Å². The second-order valence-electron chi connectivity index (χ2n) is 6.88. The zero-order valence-electron chi connectivity index (χ0n) is 14.3. The van der Waals surface area contributed by atoms with Gasteiger partial charge in [0.1, 0.15) is 0 Å². The Morgan fingerprint density at radius 1 is 1.21 bits per heavy atom. The molecule has 0 bridgehead atoms. The third kappa shape index (κ3) is 3.42. The van der Waals surface area contributed by atoms with Crippen molar-refractivity contribution in [2.45, 2.75) is 26.7 Å². The van der Waals surface area contributed by atoms with Crippen molar-refractivity contribution < 1.29 is 9.59 Å². The third-order valence-electron chi connectivity index (χ3n) is 4.57. The highest BCUT2D eigenvalue weighted by Gasteiger charge is 2.35. The van der Waals surface area contributed by atoms with E-state index in [4.69, 9.17) is 0 Å². The fourth-order valence-corrected chi connectivity index (χ4v) is 3.19. The van der Waals surface area contributed by atoms with Gasteiger partial charge in [0, 0.05) is 24.9 Å². The minimum Gasteiger partial charge on any atom is -0.356 e. The van der Waals surface area contributed by atoms with Gasteiger partial charge in [-0.1, -0.05) is 50.2 Å². The van der Waals surface area contributed by atoms with Crippen LogP contribution < -0.4 is 10.2 Å². The molecule has 1 unspecified atom stereocenters. The Balaban J connectivity index is 1.74. The molecule has 1 N–H and O–H groups in total. The number of fused-ring (bicyclic) bond motifs is 1. The molecular formula is C20H24N2O2. The zero-order chi connectivity index (χ0) is 17.1. The molecule has 24 heavy (non-hydrogen) atoms. The van der Waals surface area contributed by atoms with Crippen molar-refractivity contribution >= 4 is 28.3 Å². The number of rotatable bonds is 5. The van der Waals surface area contributed by atoms with Crippen molar-refractivity contribution in [1.82, 2.24) is 5.32 Å². The van der Waals surface area contributed by atoms with E-state index in [-0.39, 0.29) is 24.2 Å². The van der Waals surface area contributed by atoms with E-state index in [1.54, 1.807) is 4.90 Å². The molecule has 0 aliphatic carbocycles. The van der Waals surface area contributed by atoms with E-state index in [1.807, 2.05) is 42.5 Å². The number of amides is 2. The zero-order valence-corrected chi connectivity index (χ0v) is 14.3. The van der Waals surface area contributed by atoms with Crippen molar-refractivity contribution in [3.63, 3.8) is 0 Å². The maximum Gasteiger partial charge on any atom is 0.227 e. The minimum atomic E-state index is -0.261. The van der Waals surface area contributed by atoms with Crippen LogP contribution in [0.1, 0.15) is 26.7 Å². The average molecular weight is 324 g/mol. The average Bonchev–Trinajstić information content (AvgIpc) is 2.95. The SMILES string of the molecule is CC(C)CCNC(=O)C1CC(=O)N(c2cccc3ccccc23)C1. The second-order valence-corrected chi connectivity index (χ2v) is 6.88. The lowest BCUT2D eigenvalue weighted by Gasteiger charge is -2.19. The van der Waals surface area contributed by atoms with Gasteiger partial charge in [0.05, 0.1) is 11.6 Å². The topological polar surface area (TPSA) is 49.4 Å². The molecule has 4 nitrogen and oxygen atoms in total. The summed E-state index contributed by atoms with van der Waals surface area (Å²) in [5.74, 6) is 0.313. The lowest BCUT2D eigenvalue weighted by Crippen LogP contribution is -2.33. The standard InChI is InChI=1S/C20H24N2O2/c1-14(2)10-11-21-20(24)16-12-19(23)22(13-16)18-9-5-7-15-6-3-4-8-17(15)18/h3-9,14,16H,10-13H2,1-2H3,(H,21,24). The van der Waals surface area contributed by atoms with Crippen molar-refractivity contribution in [3.8, 4) is 0 Å². The predicted molar refractivity (Wildman–Crippen MR) is 96.9 cm³/mol. The van der Waals surface area contributed by atoms with Gasteiger partial charge in [-0.15, -0.1) is 0 Å². The lowest BCUT2D eigenvalue weighted by atomic mass is 10.1. The van der Waals surface area contributed by atoms with E-state index >= 15 is 0 Å². The van der Waals surface area contributed by atoms with Gasteiger partial charge in [-0.25, -0.2) is 0 Å².